The van der Waals surface area contributed by atoms with Crippen molar-refractivity contribution < 1.29 is 14.3 Å². The van der Waals surface area contributed by atoms with Gasteiger partial charge in [0, 0.05) is 37.1 Å². The summed E-state index contributed by atoms with van der Waals surface area (Å²) in [7, 11) is 1.84. The molecule has 2 aromatic carbocycles. The van der Waals surface area contributed by atoms with Gasteiger partial charge >= 0.3 is 6.09 Å². The van der Waals surface area contributed by atoms with Crippen LogP contribution in [0.4, 0.5) is 4.79 Å². The largest absolute Gasteiger partial charge is 0.444 e. The SMILES string of the molecule is CN(C(=O)c1ccc(-n2ncc3ccccc32)cc1)C1CCN(C(=O)OC(C)(C)C)CC1. The van der Waals surface area contributed by atoms with Crippen LogP contribution in [0.5, 0.6) is 0 Å². The fourth-order valence-electron chi connectivity index (χ4n) is 4.05. The van der Waals surface area contributed by atoms with Crippen molar-refractivity contribution in [3.05, 3.63) is 60.3 Å². The van der Waals surface area contributed by atoms with Crippen molar-refractivity contribution in [2.24, 2.45) is 0 Å². The fraction of sp³-hybridized carbons (Fsp3) is 0.400. The van der Waals surface area contributed by atoms with Crippen LogP contribution in [0.2, 0.25) is 0 Å². The molecule has 1 aromatic heterocycles. The predicted molar refractivity (Wildman–Crippen MR) is 124 cm³/mol. The van der Waals surface area contributed by atoms with Crippen LogP contribution in [0.25, 0.3) is 16.6 Å². The molecule has 1 saturated heterocycles. The Labute approximate surface area is 188 Å². The Balaban J connectivity index is 1.39. The molecule has 32 heavy (non-hydrogen) atoms. The van der Waals surface area contributed by atoms with E-state index in [0.29, 0.717) is 18.7 Å². The number of rotatable bonds is 3. The molecule has 0 N–H and O–H groups in total. The zero-order valence-corrected chi connectivity index (χ0v) is 19.1. The number of piperidine rings is 1. The van der Waals surface area contributed by atoms with Gasteiger partial charge in [-0.2, -0.15) is 5.10 Å². The number of carbonyl (C=O) groups excluding carboxylic acids is 2. The molecule has 4 rings (SSSR count). The van der Waals surface area contributed by atoms with Crippen LogP contribution < -0.4 is 0 Å². The van der Waals surface area contributed by atoms with Gasteiger partial charge in [-0.15, -0.1) is 0 Å². The Bertz CT molecular complexity index is 1110. The van der Waals surface area contributed by atoms with Crippen LogP contribution in [-0.4, -0.2) is 63.4 Å². The van der Waals surface area contributed by atoms with E-state index < -0.39 is 5.60 Å². The summed E-state index contributed by atoms with van der Waals surface area (Å²) in [5.74, 6) is -0.0161. The molecular formula is C25H30N4O3. The molecular weight excluding hydrogens is 404 g/mol. The number of nitrogens with zero attached hydrogens (tertiary/aromatic N) is 4. The first-order chi connectivity index (χ1) is 15.2. The van der Waals surface area contributed by atoms with E-state index >= 15 is 0 Å². The maximum Gasteiger partial charge on any atom is 0.410 e. The Morgan fingerprint density at radius 1 is 1.03 bits per heavy atom. The van der Waals surface area contributed by atoms with Crippen molar-refractivity contribution in [2.45, 2.75) is 45.3 Å². The lowest BCUT2D eigenvalue weighted by Crippen LogP contribution is -2.48. The number of hydrogen-bond donors (Lipinski definition) is 0. The number of ether oxygens (including phenoxy) is 1. The molecule has 7 heteroatoms. The summed E-state index contributed by atoms with van der Waals surface area (Å²) in [6, 6.07) is 15.7. The number of hydrogen-bond acceptors (Lipinski definition) is 4. The average Bonchev–Trinajstić information content (AvgIpc) is 3.21. The van der Waals surface area contributed by atoms with Gasteiger partial charge in [-0.1, -0.05) is 18.2 Å². The van der Waals surface area contributed by atoms with Crippen molar-refractivity contribution in [1.82, 2.24) is 19.6 Å². The second-order valence-electron chi connectivity index (χ2n) is 9.28. The van der Waals surface area contributed by atoms with Gasteiger partial charge in [0.05, 0.1) is 17.4 Å². The highest BCUT2D eigenvalue weighted by molar-refractivity contribution is 5.94. The Morgan fingerprint density at radius 2 is 1.69 bits per heavy atom. The number of fused-ring (bicyclic) bond motifs is 1. The lowest BCUT2D eigenvalue weighted by atomic mass is 10.0. The van der Waals surface area contributed by atoms with Crippen LogP contribution in [0.15, 0.2) is 54.7 Å². The summed E-state index contributed by atoms with van der Waals surface area (Å²) in [6.07, 6.45) is 3.02. The molecule has 0 radical (unpaired) electrons. The van der Waals surface area contributed by atoms with Crippen molar-refractivity contribution in [2.75, 3.05) is 20.1 Å². The summed E-state index contributed by atoms with van der Waals surface area (Å²) in [5, 5.41) is 5.55. The molecule has 0 saturated carbocycles. The molecule has 0 unspecified atom stereocenters. The molecule has 2 amide bonds. The van der Waals surface area contributed by atoms with Crippen LogP contribution in [0.1, 0.15) is 44.0 Å². The minimum atomic E-state index is -0.505. The van der Waals surface area contributed by atoms with Crippen LogP contribution in [-0.2, 0) is 4.74 Å². The van der Waals surface area contributed by atoms with Gasteiger partial charge in [0.2, 0.25) is 0 Å². The normalized spacial score (nSPS) is 15.1. The average molecular weight is 435 g/mol. The molecule has 2 heterocycles. The zero-order chi connectivity index (χ0) is 22.9. The smallest absolute Gasteiger partial charge is 0.410 e. The van der Waals surface area contributed by atoms with Gasteiger partial charge in [-0.05, 0) is 63.9 Å². The third-order valence-corrected chi connectivity index (χ3v) is 5.82. The highest BCUT2D eigenvalue weighted by atomic mass is 16.6. The highest BCUT2D eigenvalue weighted by Gasteiger charge is 2.30. The molecule has 3 aromatic rings. The van der Waals surface area contributed by atoms with Gasteiger partial charge in [-0.25, -0.2) is 9.48 Å². The third kappa shape index (κ3) is 4.61. The monoisotopic (exact) mass is 434 g/mol. The molecule has 1 aliphatic rings. The maximum atomic E-state index is 13.1. The second kappa shape index (κ2) is 8.65. The predicted octanol–water partition coefficient (Wildman–Crippen LogP) is 4.50. The van der Waals surface area contributed by atoms with E-state index in [1.54, 1.807) is 9.80 Å². The fourth-order valence-corrected chi connectivity index (χ4v) is 4.05. The zero-order valence-electron chi connectivity index (χ0n) is 19.1. The molecule has 168 valence electrons. The Morgan fingerprint density at radius 3 is 2.34 bits per heavy atom. The van der Waals surface area contributed by atoms with Gasteiger partial charge in [0.25, 0.3) is 5.91 Å². The standard InChI is InChI=1S/C25H30N4O3/c1-25(2,3)32-24(31)28-15-13-20(14-16-28)27(4)23(30)18-9-11-21(12-10-18)29-22-8-6-5-7-19(22)17-26-29/h5-12,17,20H,13-16H2,1-4H3. The summed E-state index contributed by atoms with van der Waals surface area (Å²) in [5.41, 5.74) is 2.08. The summed E-state index contributed by atoms with van der Waals surface area (Å²) in [6.45, 7) is 6.77. The Hall–Kier alpha value is -3.35. The molecule has 1 aliphatic heterocycles. The van der Waals surface area contributed by atoms with Crippen molar-refractivity contribution in [3.63, 3.8) is 0 Å². The Kier molecular flexibility index (Phi) is 5.91. The quantitative estimate of drug-likeness (QED) is 0.609. The van der Waals surface area contributed by atoms with Gasteiger partial charge in [0.15, 0.2) is 0 Å². The number of aromatic nitrogens is 2. The molecule has 0 atom stereocenters. The first kappa shape index (κ1) is 21.9. The highest BCUT2D eigenvalue weighted by Crippen LogP contribution is 2.22. The van der Waals surface area contributed by atoms with Gasteiger partial charge in [0.1, 0.15) is 5.60 Å². The molecule has 0 spiro atoms. The van der Waals surface area contributed by atoms with Crippen LogP contribution in [0, 0.1) is 0 Å². The first-order valence-corrected chi connectivity index (χ1v) is 11.0. The number of carbonyl (C=O) groups is 2. The minimum absolute atomic E-state index is 0.0161. The summed E-state index contributed by atoms with van der Waals surface area (Å²) >= 11 is 0. The van der Waals surface area contributed by atoms with E-state index in [-0.39, 0.29) is 18.0 Å². The summed E-state index contributed by atoms with van der Waals surface area (Å²) < 4.78 is 7.33. The topological polar surface area (TPSA) is 67.7 Å². The third-order valence-electron chi connectivity index (χ3n) is 5.82. The molecule has 0 aliphatic carbocycles. The maximum absolute atomic E-state index is 13.1. The number of amides is 2. The van der Waals surface area contributed by atoms with Crippen molar-refractivity contribution in [1.29, 1.82) is 0 Å². The number of benzene rings is 2. The second-order valence-corrected chi connectivity index (χ2v) is 9.28. The number of likely N-dealkylation sites (tertiary alicyclic amines) is 1. The van der Waals surface area contributed by atoms with Crippen LogP contribution >= 0.6 is 0 Å². The lowest BCUT2D eigenvalue weighted by molar-refractivity contribution is 0.0160. The molecule has 7 nitrogen and oxygen atoms in total. The van der Waals surface area contributed by atoms with E-state index in [0.717, 1.165) is 29.4 Å². The summed E-state index contributed by atoms with van der Waals surface area (Å²) in [4.78, 5) is 28.9. The van der Waals surface area contributed by atoms with E-state index in [2.05, 4.69) is 5.10 Å². The van der Waals surface area contributed by atoms with E-state index in [9.17, 15) is 9.59 Å². The van der Waals surface area contributed by atoms with Crippen molar-refractivity contribution >= 4 is 22.9 Å². The minimum Gasteiger partial charge on any atom is -0.444 e. The van der Waals surface area contributed by atoms with E-state index in [4.69, 9.17) is 4.74 Å². The van der Waals surface area contributed by atoms with Gasteiger partial charge in [-0.3, -0.25) is 4.79 Å². The lowest BCUT2D eigenvalue weighted by Gasteiger charge is -2.37. The van der Waals surface area contributed by atoms with E-state index in [1.165, 1.54) is 0 Å². The van der Waals surface area contributed by atoms with Crippen molar-refractivity contribution in [3.8, 4) is 5.69 Å². The first-order valence-electron chi connectivity index (χ1n) is 11.0. The van der Waals surface area contributed by atoms with Gasteiger partial charge < -0.3 is 14.5 Å². The number of para-hydroxylation sites is 1. The molecule has 1 fully saturated rings. The van der Waals surface area contributed by atoms with Crippen LogP contribution in [0.3, 0.4) is 0 Å². The van der Waals surface area contributed by atoms with E-state index in [1.807, 2.05) is 87.2 Å². The molecule has 0 bridgehead atoms.